The van der Waals surface area contributed by atoms with Crippen molar-refractivity contribution in [2.75, 3.05) is 7.11 Å². The van der Waals surface area contributed by atoms with Crippen LogP contribution >= 0.6 is 0 Å². The highest BCUT2D eigenvalue weighted by Crippen LogP contribution is 2.37. The number of H-pyrrole nitrogens is 3. The Hall–Kier alpha value is -4.06. The Morgan fingerprint density at radius 3 is 2.24 bits per heavy atom. The zero-order valence-electron chi connectivity index (χ0n) is 15.6. The van der Waals surface area contributed by atoms with Crippen molar-refractivity contribution in [2.24, 2.45) is 0 Å². The van der Waals surface area contributed by atoms with Gasteiger partial charge < -0.3 is 9.72 Å². The third-order valence-corrected chi connectivity index (χ3v) is 5.11. The Bertz CT molecular complexity index is 1470. The maximum absolute atomic E-state index is 12.7. The van der Waals surface area contributed by atoms with Crippen molar-refractivity contribution in [1.29, 1.82) is 0 Å². The lowest BCUT2D eigenvalue weighted by Crippen LogP contribution is -2.21. The van der Waals surface area contributed by atoms with Crippen LogP contribution in [0.1, 0.15) is 0 Å². The molecular formula is C23H17N3O3. The summed E-state index contributed by atoms with van der Waals surface area (Å²) in [6, 6.07) is 21.7. The summed E-state index contributed by atoms with van der Waals surface area (Å²) in [7, 11) is 1.61. The standard InChI is InChI=1S/C23H17N3O3/c1-29-17-10-8-14(9-11-17)18-19-21(25-23(28)26-22(19)27)24-20(18)16-7-6-13-4-2-3-5-15(13)12-16/h2-12H,1H3,(H3,24,25,26,27,28). The Balaban J connectivity index is 1.85. The van der Waals surface area contributed by atoms with E-state index in [2.05, 4.69) is 27.1 Å². The van der Waals surface area contributed by atoms with E-state index in [1.807, 2.05) is 54.6 Å². The van der Waals surface area contributed by atoms with Crippen molar-refractivity contribution in [3.8, 4) is 28.1 Å². The molecule has 5 aromatic rings. The van der Waals surface area contributed by atoms with Gasteiger partial charge in [-0.1, -0.05) is 48.5 Å². The zero-order valence-corrected chi connectivity index (χ0v) is 15.6. The fourth-order valence-electron chi connectivity index (χ4n) is 3.74. The van der Waals surface area contributed by atoms with Crippen LogP contribution in [0.3, 0.4) is 0 Å². The molecule has 0 radical (unpaired) electrons. The molecule has 0 saturated carbocycles. The first kappa shape index (κ1) is 17.1. The Labute approximate surface area is 164 Å². The molecule has 3 aromatic carbocycles. The molecule has 0 amide bonds. The van der Waals surface area contributed by atoms with Gasteiger partial charge in [0.1, 0.15) is 11.4 Å². The summed E-state index contributed by atoms with van der Waals surface area (Å²) in [6.07, 6.45) is 0. The van der Waals surface area contributed by atoms with E-state index in [1.165, 1.54) is 0 Å². The van der Waals surface area contributed by atoms with Gasteiger partial charge in [-0.2, -0.15) is 0 Å². The summed E-state index contributed by atoms with van der Waals surface area (Å²) in [6.45, 7) is 0. The molecule has 2 aromatic heterocycles. The number of ether oxygens (including phenoxy) is 1. The molecule has 3 N–H and O–H groups in total. The molecule has 6 heteroatoms. The van der Waals surface area contributed by atoms with Gasteiger partial charge in [-0.3, -0.25) is 14.8 Å². The number of fused-ring (bicyclic) bond motifs is 2. The Morgan fingerprint density at radius 1 is 0.759 bits per heavy atom. The molecule has 0 spiro atoms. The average molecular weight is 383 g/mol. The van der Waals surface area contributed by atoms with Gasteiger partial charge in [-0.25, -0.2) is 4.79 Å². The molecule has 0 unspecified atom stereocenters. The van der Waals surface area contributed by atoms with E-state index in [0.29, 0.717) is 11.0 Å². The molecule has 2 heterocycles. The molecule has 142 valence electrons. The predicted octanol–water partition coefficient (Wildman–Crippen LogP) is 4.04. The summed E-state index contributed by atoms with van der Waals surface area (Å²) in [5.41, 5.74) is 2.68. The van der Waals surface area contributed by atoms with Gasteiger partial charge in [0.2, 0.25) is 0 Å². The Kier molecular flexibility index (Phi) is 3.84. The maximum Gasteiger partial charge on any atom is 0.327 e. The van der Waals surface area contributed by atoms with Crippen LogP contribution in [0.4, 0.5) is 0 Å². The monoisotopic (exact) mass is 383 g/mol. The highest BCUT2D eigenvalue weighted by Gasteiger charge is 2.19. The van der Waals surface area contributed by atoms with Crippen LogP contribution in [0.15, 0.2) is 76.3 Å². The molecule has 6 nitrogen and oxygen atoms in total. The minimum Gasteiger partial charge on any atom is -0.497 e. The van der Waals surface area contributed by atoms with Crippen molar-refractivity contribution in [3.05, 3.63) is 87.6 Å². The zero-order chi connectivity index (χ0) is 20.0. The van der Waals surface area contributed by atoms with Gasteiger partial charge in [0.25, 0.3) is 5.56 Å². The van der Waals surface area contributed by atoms with Crippen LogP contribution in [0.2, 0.25) is 0 Å². The lowest BCUT2D eigenvalue weighted by molar-refractivity contribution is 0.415. The summed E-state index contributed by atoms with van der Waals surface area (Å²) >= 11 is 0. The number of benzene rings is 3. The van der Waals surface area contributed by atoms with Gasteiger partial charge in [-0.15, -0.1) is 0 Å². The molecule has 0 saturated heterocycles. The van der Waals surface area contributed by atoms with Crippen LogP contribution in [-0.4, -0.2) is 22.1 Å². The van der Waals surface area contributed by atoms with Crippen molar-refractivity contribution in [3.63, 3.8) is 0 Å². The molecule has 0 bridgehead atoms. The molecule has 0 aliphatic rings. The minimum absolute atomic E-state index is 0.396. The maximum atomic E-state index is 12.7. The summed E-state index contributed by atoms with van der Waals surface area (Å²) < 4.78 is 5.25. The van der Waals surface area contributed by atoms with Gasteiger partial charge in [0.15, 0.2) is 0 Å². The van der Waals surface area contributed by atoms with Gasteiger partial charge in [0, 0.05) is 5.56 Å². The second kappa shape index (κ2) is 6.53. The number of aromatic nitrogens is 3. The van der Waals surface area contributed by atoms with E-state index in [4.69, 9.17) is 4.74 Å². The van der Waals surface area contributed by atoms with E-state index in [9.17, 15) is 9.59 Å². The molecule has 0 atom stereocenters. The first-order valence-electron chi connectivity index (χ1n) is 9.16. The second-order valence-electron chi connectivity index (χ2n) is 6.82. The fraction of sp³-hybridized carbons (Fsp3) is 0.0435. The van der Waals surface area contributed by atoms with Gasteiger partial charge >= 0.3 is 5.69 Å². The Morgan fingerprint density at radius 2 is 1.48 bits per heavy atom. The largest absolute Gasteiger partial charge is 0.497 e. The number of aromatic amines is 3. The summed E-state index contributed by atoms with van der Waals surface area (Å²) in [5, 5.41) is 2.63. The number of methoxy groups -OCH3 is 1. The molecule has 0 aliphatic carbocycles. The van der Waals surface area contributed by atoms with Gasteiger partial charge in [0.05, 0.1) is 18.2 Å². The van der Waals surface area contributed by atoms with E-state index in [-0.39, 0.29) is 0 Å². The smallest absolute Gasteiger partial charge is 0.327 e. The molecule has 5 rings (SSSR count). The van der Waals surface area contributed by atoms with Crippen LogP contribution in [-0.2, 0) is 0 Å². The minimum atomic E-state index is -0.546. The predicted molar refractivity (Wildman–Crippen MR) is 114 cm³/mol. The third-order valence-electron chi connectivity index (χ3n) is 5.11. The van der Waals surface area contributed by atoms with Crippen LogP contribution in [0.5, 0.6) is 5.75 Å². The van der Waals surface area contributed by atoms with Crippen LogP contribution in [0, 0.1) is 0 Å². The van der Waals surface area contributed by atoms with Crippen molar-refractivity contribution < 1.29 is 4.74 Å². The van der Waals surface area contributed by atoms with Crippen LogP contribution < -0.4 is 16.0 Å². The average Bonchev–Trinajstić information content (AvgIpc) is 3.13. The van der Waals surface area contributed by atoms with Gasteiger partial charge in [-0.05, 0) is 40.1 Å². The quantitative estimate of drug-likeness (QED) is 0.439. The summed E-state index contributed by atoms with van der Waals surface area (Å²) in [4.78, 5) is 32.7. The summed E-state index contributed by atoms with van der Waals surface area (Å²) in [5.74, 6) is 0.725. The SMILES string of the molecule is COc1ccc(-c2c(-c3ccc4ccccc4c3)[nH]c3[nH]c(=O)[nH]c(=O)c23)cc1. The molecule has 29 heavy (non-hydrogen) atoms. The number of hydrogen-bond acceptors (Lipinski definition) is 3. The number of rotatable bonds is 3. The lowest BCUT2D eigenvalue weighted by Gasteiger charge is -2.08. The van der Waals surface area contributed by atoms with E-state index >= 15 is 0 Å². The van der Waals surface area contributed by atoms with Crippen LogP contribution in [0.25, 0.3) is 44.2 Å². The molecule has 0 aliphatic heterocycles. The highest BCUT2D eigenvalue weighted by molar-refractivity contribution is 6.03. The second-order valence-corrected chi connectivity index (χ2v) is 6.82. The van der Waals surface area contributed by atoms with E-state index in [1.54, 1.807) is 7.11 Å². The van der Waals surface area contributed by atoms with E-state index in [0.717, 1.165) is 38.9 Å². The number of nitrogens with one attached hydrogen (secondary N) is 3. The highest BCUT2D eigenvalue weighted by atomic mass is 16.5. The fourth-order valence-corrected chi connectivity index (χ4v) is 3.74. The molecular weight excluding hydrogens is 366 g/mol. The topological polar surface area (TPSA) is 90.7 Å². The third kappa shape index (κ3) is 2.82. The number of hydrogen-bond donors (Lipinski definition) is 3. The van der Waals surface area contributed by atoms with E-state index < -0.39 is 11.2 Å². The first-order chi connectivity index (χ1) is 14.1. The normalized spacial score (nSPS) is 11.2. The molecule has 0 fully saturated rings. The van der Waals surface area contributed by atoms with Crippen molar-refractivity contribution in [1.82, 2.24) is 15.0 Å². The first-order valence-corrected chi connectivity index (χ1v) is 9.16. The van der Waals surface area contributed by atoms with Crippen molar-refractivity contribution >= 4 is 21.8 Å². The lowest BCUT2D eigenvalue weighted by atomic mass is 9.97. The van der Waals surface area contributed by atoms with Crippen molar-refractivity contribution in [2.45, 2.75) is 0 Å².